The van der Waals surface area contributed by atoms with E-state index < -0.39 is 127 Å². The van der Waals surface area contributed by atoms with E-state index in [0.717, 1.165) is 18.2 Å². The van der Waals surface area contributed by atoms with Crippen molar-refractivity contribution in [2.45, 2.75) is 30.5 Å². The number of rotatable bonds is 17. The van der Waals surface area contributed by atoms with Gasteiger partial charge in [-0.3, -0.25) is 19.2 Å². The van der Waals surface area contributed by atoms with Gasteiger partial charge in [-0.05, 0) is 5.56 Å². The normalized spacial score (nSPS) is 15.8. The van der Waals surface area contributed by atoms with Crippen molar-refractivity contribution in [3.8, 4) is 0 Å². The number of Topliss-reactive ketones (excluding diaryl/α,β-unsaturated/α-hetero) is 4. The van der Waals surface area contributed by atoms with Gasteiger partial charge in [0.05, 0.1) is 33.0 Å². The Kier molecular flexibility index (Phi) is 14.0. The molecule has 0 aromatic heterocycles. The molecule has 222 valence electrons. The first-order valence-electron chi connectivity index (χ1n) is 11.5. The predicted molar refractivity (Wildman–Crippen MR) is 128 cm³/mol. The van der Waals surface area contributed by atoms with Gasteiger partial charge >= 0.3 is 5.97 Å². The van der Waals surface area contributed by atoms with Crippen LogP contribution in [-0.4, -0.2) is 150 Å². The standard InChI is InChI=1S/C24H30O16/c25-4-10(30)9-40-24(39)19(23(38)16(34)8-29)18(22(37)15(33)7-28)11-2-1-3-12(20(35)13(31)5-26)17(11)21(36)14(32)6-27/h1-3,10,13-16,25-34H,4-9H2. The molecular weight excluding hydrogens is 544 g/mol. The summed E-state index contributed by atoms with van der Waals surface area (Å²) in [5, 5.41) is 95.7. The molecule has 40 heavy (non-hydrogen) atoms. The maximum Gasteiger partial charge on any atom is 0.342 e. The van der Waals surface area contributed by atoms with Gasteiger partial charge in [0, 0.05) is 16.7 Å². The Morgan fingerprint density at radius 1 is 0.625 bits per heavy atom. The number of hydrogen-bond acceptors (Lipinski definition) is 16. The lowest BCUT2D eigenvalue weighted by Crippen LogP contribution is -2.36. The lowest BCUT2D eigenvalue weighted by atomic mass is 9.83. The first-order chi connectivity index (χ1) is 18.8. The molecule has 0 aliphatic rings. The van der Waals surface area contributed by atoms with Gasteiger partial charge in [-0.1, -0.05) is 18.2 Å². The summed E-state index contributed by atoms with van der Waals surface area (Å²) >= 11 is 0. The average molecular weight is 574 g/mol. The van der Waals surface area contributed by atoms with E-state index in [-0.39, 0.29) is 0 Å². The van der Waals surface area contributed by atoms with Gasteiger partial charge in [-0.2, -0.15) is 0 Å². The molecule has 0 heterocycles. The summed E-state index contributed by atoms with van der Waals surface area (Å²) < 4.78 is 4.71. The Morgan fingerprint density at radius 3 is 1.60 bits per heavy atom. The monoisotopic (exact) mass is 574 g/mol. The van der Waals surface area contributed by atoms with E-state index in [1.54, 1.807) is 0 Å². The fourth-order valence-corrected chi connectivity index (χ4v) is 3.26. The van der Waals surface area contributed by atoms with Crippen molar-refractivity contribution in [1.29, 1.82) is 0 Å². The van der Waals surface area contributed by atoms with Crippen LogP contribution in [0.2, 0.25) is 0 Å². The van der Waals surface area contributed by atoms with Gasteiger partial charge in [-0.15, -0.1) is 0 Å². The SMILES string of the molecule is O=C(OCC(O)CO)C(C(=O)C(O)CO)=C(C(=O)C(O)CO)c1cccc(C(=O)C(O)CO)c1C(=O)C(O)CO. The average Bonchev–Trinajstić information content (AvgIpc) is 2.98. The van der Waals surface area contributed by atoms with Crippen LogP contribution in [-0.2, 0) is 19.1 Å². The van der Waals surface area contributed by atoms with E-state index in [1.807, 2.05) is 0 Å². The minimum Gasteiger partial charge on any atom is -0.459 e. The highest BCUT2D eigenvalue weighted by Crippen LogP contribution is 2.31. The maximum atomic E-state index is 13.3. The molecular formula is C24H30O16. The smallest absolute Gasteiger partial charge is 0.342 e. The molecule has 0 aliphatic heterocycles. The third kappa shape index (κ3) is 8.12. The molecule has 16 heteroatoms. The summed E-state index contributed by atoms with van der Waals surface area (Å²) in [6, 6.07) is 2.66. The zero-order chi connectivity index (χ0) is 30.7. The van der Waals surface area contributed by atoms with Crippen molar-refractivity contribution in [3.63, 3.8) is 0 Å². The van der Waals surface area contributed by atoms with E-state index in [9.17, 15) is 69.9 Å². The number of benzene rings is 1. The van der Waals surface area contributed by atoms with Crippen LogP contribution in [0, 0.1) is 0 Å². The Hall–Kier alpha value is -3.29. The molecule has 0 aliphatic carbocycles. The van der Waals surface area contributed by atoms with Gasteiger partial charge in [0.15, 0.2) is 17.3 Å². The summed E-state index contributed by atoms with van der Waals surface area (Å²) in [6.07, 6.45) is -11.0. The molecule has 5 unspecified atom stereocenters. The highest BCUT2D eigenvalue weighted by molar-refractivity contribution is 6.38. The van der Waals surface area contributed by atoms with Crippen molar-refractivity contribution in [2.24, 2.45) is 0 Å². The molecule has 0 amide bonds. The molecule has 0 bridgehead atoms. The molecule has 0 spiro atoms. The topological polar surface area (TPSA) is 297 Å². The zero-order valence-electron chi connectivity index (χ0n) is 20.8. The summed E-state index contributed by atoms with van der Waals surface area (Å²) in [6.45, 7) is -6.96. The van der Waals surface area contributed by atoms with Crippen molar-refractivity contribution < 1.29 is 79.8 Å². The molecule has 5 atom stereocenters. The summed E-state index contributed by atoms with van der Waals surface area (Å²) in [5.41, 5.74) is -5.40. The Balaban J connectivity index is 4.34. The molecule has 0 fully saturated rings. The van der Waals surface area contributed by atoms with Crippen LogP contribution < -0.4 is 0 Å². The van der Waals surface area contributed by atoms with Gasteiger partial charge in [-0.25, -0.2) is 4.79 Å². The first-order valence-corrected chi connectivity index (χ1v) is 11.5. The van der Waals surface area contributed by atoms with Crippen LogP contribution >= 0.6 is 0 Å². The number of carbonyl (C=O) groups is 5. The third-order valence-electron chi connectivity index (χ3n) is 5.31. The lowest BCUT2D eigenvalue weighted by molar-refractivity contribution is -0.145. The largest absolute Gasteiger partial charge is 0.459 e. The molecule has 0 saturated heterocycles. The van der Waals surface area contributed by atoms with Gasteiger partial charge in [0.2, 0.25) is 5.78 Å². The van der Waals surface area contributed by atoms with Crippen LogP contribution in [0.1, 0.15) is 26.3 Å². The predicted octanol–water partition coefficient (Wildman–Crippen LogP) is -5.75. The number of aliphatic hydroxyl groups excluding tert-OH is 10. The van der Waals surface area contributed by atoms with Gasteiger partial charge < -0.3 is 55.8 Å². The van der Waals surface area contributed by atoms with Crippen LogP contribution in [0.4, 0.5) is 0 Å². The fourth-order valence-electron chi connectivity index (χ4n) is 3.26. The molecule has 0 radical (unpaired) electrons. The molecule has 10 N–H and O–H groups in total. The van der Waals surface area contributed by atoms with Crippen molar-refractivity contribution in [1.82, 2.24) is 0 Å². The maximum absolute atomic E-state index is 13.3. The van der Waals surface area contributed by atoms with Crippen LogP contribution in [0.5, 0.6) is 0 Å². The van der Waals surface area contributed by atoms with Crippen LogP contribution in [0.3, 0.4) is 0 Å². The van der Waals surface area contributed by atoms with Crippen molar-refractivity contribution >= 4 is 34.7 Å². The Labute approximate surface area is 225 Å². The number of ether oxygens (including phenoxy) is 1. The highest BCUT2D eigenvalue weighted by Gasteiger charge is 2.38. The summed E-state index contributed by atoms with van der Waals surface area (Å²) in [7, 11) is 0. The number of carbonyl (C=O) groups excluding carboxylic acids is 5. The molecule has 16 nitrogen and oxygen atoms in total. The van der Waals surface area contributed by atoms with E-state index in [4.69, 9.17) is 9.84 Å². The Bertz CT molecular complexity index is 1130. The van der Waals surface area contributed by atoms with Gasteiger partial charge in [0.25, 0.3) is 0 Å². The Morgan fingerprint density at radius 2 is 1.10 bits per heavy atom. The van der Waals surface area contributed by atoms with Crippen molar-refractivity contribution in [2.75, 3.05) is 39.6 Å². The minimum atomic E-state index is -2.41. The third-order valence-corrected chi connectivity index (χ3v) is 5.31. The van der Waals surface area contributed by atoms with E-state index in [0.29, 0.717) is 0 Å². The second-order valence-corrected chi connectivity index (χ2v) is 8.16. The summed E-state index contributed by atoms with van der Waals surface area (Å²) in [4.78, 5) is 65.1. The second-order valence-electron chi connectivity index (χ2n) is 8.16. The first kappa shape index (κ1) is 34.7. The number of hydrogen-bond donors (Lipinski definition) is 10. The quantitative estimate of drug-likeness (QED) is 0.0272. The van der Waals surface area contributed by atoms with Crippen LogP contribution in [0.25, 0.3) is 5.57 Å². The summed E-state index contributed by atoms with van der Waals surface area (Å²) in [5.74, 6) is -8.06. The van der Waals surface area contributed by atoms with E-state index in [1.165, 1.54) is 0 Å². The van der Waals surface area contributed by atoms with Gasteiger partial charge in [0.1, 0.15) is 42.7 Å². The number of ketones is 4. The fraction of sp³-hybridized carbons (Fsp3) is 0.458. The molecule has 1 aromatic rings. The lowest BCUT2D eigenvalue weighted by Gasteiger charge is -2.22. The van der Waals surface area contributed by atoms with E-state index in [2.05, 4.69) is 0 Å². The van der Waals surface area contributed by atoms with Crippen molar-refractivity contribution in [3.05, 3.63) is 40.5 Å². The highest BCUT2D eigenvalue weighted by atomic mass is 16.5. The second kappa shape index (κ2) is 16.1. The minimum absolute atomic E-state index is 0.793. The molecule has 1 aromatic carbocycles. The van der Waals surface area contributed by atoms with E-state index >= 15 is 0 Å². The van der Waals surface area contributed by atoms with Crippen LogP contribution in [0.15, 0.2) is 23.8 Å². The number of esters is 1. The zero-order valence-corrected chi connectivity index (χ0v) is 20.8. The molecule has 1 rings (SSSR count). The number of aliphatic hydroxyl groups is 10. The molecule has 0 saturated carbocycles.